The minimum Gasteiger partial charge on any atom is -0.388 e. The monoisotopic (exact) mass is 233 g/mol. The van der Waals surface area contributed by atoms with Crippen molar-refractivity contribution in [3.63, 3.8) is 0 Å². The van der Waals surface area contributed by atoms with Crippen LogP contribution in [0.25, 0.3) is 0 Å². The van der Waals surface area contributed by atoms with E-state index in [1.165, 1.54) is 36.2 Å². The van der Waals surface area contributed by atoms with E-state index in [1.54, 1.807) is 0 Å². The lowest BCUT2D eigenvalue weighted by Gasteiger charge is -2.35. The number of aliphatic hydroxyl groups is 1. The molecule has 0 aromatic carbocycles. The fourth-order valence-electron chi connectivity index (χ4n) is 3.60. The molecule has 1 fully saturated rings. The first-order chi connectivity index (χ1) is 8.18. The van der Waals surface area contributed by atoms with Gasteiger partial charge in [0.25, 0.3) is 0 Å². The largest absolute Gasteiger partial charge is 0.388 e. The third-order valence-corrected chi connectivity index (χ3v) is 4.86. The second kappa shape index (κ2) is 4.16. The van der Waals surface area contributed by atoms with Gasteiger partial charge in [0.1, 0.15) is 0 Å². The van der Waals surface area contributed by atoms with Gasteiger partial charge in [0.05, 0.1) is 6.10 Å². The Morgan fingerprint density at radius 3 is 2.71 bits per heavy atom. The highest BCUT2D eigenvalue weighted by Crippen LogP contribution is 2.40. The first kappa shape index (κ1) is 11.3. The lowest BCUT2D eigenvalue weighted by Crippen LogP contribution is -2.25. The SMILES string of the molecule is Cc1cc2c(n1C(C)C1CCC1)CCCC2O. The van der Waals surface area contributed by atoms with E-state index in [2.05, 4.69) is 24.5 Å². The lowest BCUT2D eigenvalue weighted by atomic mass is 9.80. The molecular weight excluding hydrogens is 210 g/mol. The zero-order chi connectivity index (χ0) is 12.0. The Morgan fingerprint density at radius 2 is 2.06 bits per heavy atom. The maximum Gasteiger partial charge on any atom is 0.0807 e. The van der Waals surface area contributed by atoms with E-state index in [1.807, 2.05) is 0 Å². The standard InChI is InChI=1S/C15H23NO/c1-10-9-13-14(7-4-8-15(13)17)16(10)11(2)12-5-3-6-12/h9,11-12,15,17H,3-8H2,1-2H3. The van der Waals surface area contributed by atoms with Gasteiger partial charge >= 0.3 is 0 Å². The molecule has 2 unspecified atom stereocenters. The lowest BCUT2D eigenvalue weighted by molar-refractivity contribution is 0.153. The number of fused-ring (bicyclic) bond motifs is 1. The predicted octanol–water partition coefficient (Wildman–Crippen LogP) is 3.53. The van der Waals surface area contributed by atoms with Crippen LogP contribution in [0.3, 0.4) is 0 Å². The highest BCUT2D eigenvalue weighted by atomic mass is 16.3. The first-order valence-electron chi connectivity index (χ1n) is 7.07. The average Bonchev–Trinajstić information content (AvgIpc) is 2.53. The number of aromatic nitrogens is 1. The number of rotatable bonds is 2. The molecule has 1 N–H and O–H groups in total. The zero-order valence-electron chi connectivity index (χ0n) is 10.9. The van der Waals surface area contributed by atoms with Crippen molar-refractivity contribution >= 4 is 0 Å². The fourth-order valence-corrected chi connectivity index (χ4v) is 3.60. The molecule has 2 heteroatoms. The Morgan fingerprint density at radius 1 is 1.29 bits per heavy atom. The Balaban J connectivity index is 1.98. The summed E-state index contributed by atoms with van der Waals surface area (Å²) in [5.74, 6) is 0.865. The molecule has 0 bridgehead atoms. The maximum atomic E-state index is 10.1. The molecule has 0 saturated heterocycles. The van der Waals surface area contributed by atoms with Crippen molar-refractivity contribution in [2.75, 3.05) is 0 Å². The zero-order valence-corrected chi connectivity index (χ0v) is 10.9. The van der Waals surface area contributed by atoms with E-state index in [9.17, 15) is 5.11 Å². The molecule has 1 aromatic rings. The van der Waals surface area contributed by atoms with Crippen LogP contribution in [0, 0.1) is 12.8 Å². The minimum atomic E-state index is -0.215. The molecular formula is C15H23NO. The van der Waals surface area contributed by atoms with Crippen LogP contribution in [0.15, 0.2) is 6.07 Å². The van der Waals surface area contributed by atoms with Gasteiger partial charge in [-0.25, -0.2) is 0 Å². The van der Waals surface area contributed by atoms with Gasteiger partial charge in [-0.1, -0.05) is 6.42 Å². The maximum absolute atomic E-state index is 10.1. The van der Waals surface area contributed by atoms with E-state index in [0.29, 0.717) is 6.04 Å². The van der Waals surface area contributed by atoms with Crippen molar-refractivity contribution in [1.29, 1.82) is 0 Å². The molecule has 0 radical (unpaired) electrons. The molecule has 3 rings (SSSR count). The summed E-state index contributed by atoms with van der Waals surface area (Å²) in [5, 5.41) is 10.1. The van der Waals surface area contributed by atoms with Crippen molar-refractivity contribution in [1.82, 2.24) is 4.57 Å². The fraction of sp³-hybridized carbons (Fsp3) is 0.733. The minimum absolute atomic E-state index is 0.215. The van der Waals surface area contributed by atoms with Crippen molar-refractivity contribution in [3.8, 4) is 0 Å². The summed E-state index contributed by atoms with van der Waals surface area (Å²) in [5.41, 5.74) is 3.97. The molecule has 2 nitrogen and oxygen atoms in total. The number of aliphatic hydroxyl groups excluding tert-OH is 1. The Bertz CT molecular complexity index is 417. The molecule has 17 heavy (non-hydrogen) atoms. The topological polar surface area (TPSA) is 25.2 Å². The molecule has 0 spiro atoms. The highest BCUT2D eigenvalue weighted by molar-refractivity contribution is 5.32. The highest BCUT2D eigenvalue weighted by Gasteiger charge is 2.30. The van der Waals surface area contributed by atoms with Gasteiger partial charge in [-0.05, 0) is 57.9 Å². The Kier molecular flexibility index (Phi) is 2.78. The van der Waals surface area contributed by atoms with E-state index >= 15 is 0 Å². The predicted molar refractivity (Wildman–Crippen MR) is 69.1 cm³/mol. The normalized spacial score (nSPS) is 26.4. The molecule has 2 aliphatic rings. The van der Waals surface area contributed by atoms with Crippen LogP contribution < -0.4 is 0 Å². The summed E-state index contributed by atoms with van der Waals surface area (Å²) >= 11 is 0. The Hall–Kier alpha value is -0.760. The second-order valence-corrected chi connectivity index (χ2v) is 5.90. The molecule has 2 atom stereocenters. The first-order valence-corrected chi connectivity index (χ1v) is 7.07. The van der Waals surface area contributed by atoms with Gasteiger partial charge in [0.2, 0.25) is 0 Å². The molecule has 1 saturated carbocycles. The van der Waals surface area contributed by atoms with E-state index < -0.39 is 0 Å². The van der Waals surface area contributed by atoms with Crippen LogP contribution in [0.4, 0.5) is 0 Å². The van der Waals surface area contributed by atoms with Gasteiger partial charge < -0.3 is 9.67 Å². The van der Waals surface area contributed by atoms with Crippen LogP contribution in [0.2, 0.25) is 0 Å². The third-order valence-electron chi connectivity index (χ3n) is 4.86. The van der Waals surface area contributed by atoms with Gasteiger partial charge in [0, 0.05) is 23.0 Å². The Labute approximate surface area is 104 Å². The number of hydrogen-bond donors (Lipinski definition) is 1. The second-order valence-electron chi connectivity index (χ2n) is 5.90. The third kappa shape index (κ3) is 1.74. The summed E-state index contributed by atoms with van der Waals surface area (Å²) < 4.78 is 2.52. The van der Waals surface area contributed by atoms with Crippen molar-refractivity contribution in [3.05, 3.63) is 23.0 Å². The van der Waals surface area contributed by atoms with Crippen LogP contribution in [-0.2, 0) is 6.42 Å². The van der Waals surface area contributed by atoms with Gasteiger partial charge in [-0.2, -0.15) is 0 Å². The molecule has 1 heterocycles. The van der Waals surface area contributed by atoms with E-state index in [-0.39, 0.29) is 6.10 Å². The van der Waals surface area contributed by atoms with E-state index in [0.717, 1.165) is 25.2 Å². The van der Waals surface area contributed by atoms with Crippen LogP contribution in [0.1, 0.15) is 68.1 Å². The molecule has 0 aliphatic heterocycles. The van der Waals surface area contributed by atoms with Crippen molar-refractivity contribution < 1.29 is 5.11 Å². The van der Waals surface area contributed by atoms with Crippen LogP contribution in [-0.4, -0.2) is 9.67 Å². The van der Waals surface area contributed by atoms with Crippen LogP contribution >= 0.6 is 0 Å². The van der Waals surface area contributed by atoms with Gasteiger partial charge in [-0.15, -0.1) is 0 Å². The van der Waals surface area contributed by atoms with Gasteiger partial charge in [-0.3, -0.25) is 0 Å². The number of hydrogen-bond acceptors (Lipinski definition) is 1. The van der Waals surface area contributed by atoms with Crippen molar-refractivity contribution in [2.45, 2.75) is 64.5 Å². The molecule has 0 amide bonds. The molecule has 1 aromatic heterocycles. The molecule has 2 aliphatic carbocycles. The summed E-state index contributed by atoms with van der Waals surface area (Å²) in [6, 6.07) is 2.84. The number of aryl methyl sites for hydroxylation is 1. The van der Waals surface area contributed by atoms with Gasteiger partial charge in [0.15, 0.2) is 0 Å². The summed E-state index contributed by atoms with van der Waals surface area (Å²) in [6.45, 7) is 4.55. The summed E-state index contributed by atoms with van der Waals surface area (Å²) in [4.78, 5) is 0. The number of nitrogens with zero attached hydrogens (tertiary/aromatic N) is 1. The average molecular weight is 233 g/mol. The quantitative estimate of drug-likeness (QED) is 0.830. The smallest absolute Gasteiger partial charge is 0.0807 e. The molecule has 94 valence electrons. The summed E-state index contributed by atoms with van der Waals surface area (Å²) in [7, 11) is 0. The summed E-state index contributed by atoms with van der Waals surface area (Å²) in [6.07, 6.45) is 7.18. The van der Waals surface area contributed by atoms with Crippen LogP contribution in [0.5, 0.6) is 0 Å². The van der Waals surface area contributed by atoms with Crippen molar-refractivity contribution in [2.24, 2.45) is 5.92 Å². The van der Waals surface area contributed by atoms with E-state index in [4.69, 9.17) is 0 Å².